The number of aliphatic imine (C=N–C) groups is 1. The number of anilines is 1. The summed E-state index contributed by atoms with van der Waals surface area (Å²) in [6.07, 6.45) is -0.624. The normalized spacial score (nSPS) is 16.9. The number of para-hydroxylation sites is 1. The Morgan fingerprint density at radius 1 is 1.12 bits per heavy atom. The van der Waals surface area contributed by atoms with Crippen LogP contribution >= 0.6 is 0 Å². The summed E-state index contributed by atoms with van der Waals surface area (Å²) in [5.74, 6) is -0.459. The summed E-state index contributed by atoms with van der Waals surface area (Å²) in [5, 5.41) is 2.71. The van der Waals surface area contributed by atoms with Gasteiger partial charge in [0.1, 0.15) is 0 Å². The van der Waals surface area contributed by atoms with Crippen molar-refractivity contribution in [2.75, 3.05) is 11.9 Å². The molecule has 1 N–H and O–H groups in total. The Bertz CT molecular complexity index is 799. The number of fused-ring (bicyclic) bond motifs is 1. The fourth-order valence-electron chi connectivity index (χ4n) is 2.70. The van der Waals surface area contributed by atoms with Crippen LogP contribution in [0.5, 0.6) is 0 Å². The largest absolute Gasteiger partial charge is 0.327 e. The number of nitrogens with one attached hydrogen (secondary N) is 1. The van der Waals surface area contributed by atoms with Gasteiger partial charge in [0.15, 0.2) is 0 Å². The van der Waals surface area contributed by atoms with Crippen LogP contribution in [0.1, 0.15) is 24.5 Å². The van der Waals surface area contributed by atoms with E-state index < -0.39 is 6.17 Å². The number of amides is 2. The standard InChI is InChI=1S/C19H19N3O2/c1-3-16(23)20-18-19(24)22(2)15-12-8-7-11-14(15)17(21-18)13-9-5-4-6-10-13/h4-12,18H,3H2,1-2H3,(H,20,23). The number of rotatable bonds is 3. The van der Waals surface area contributed by atoms with Crippen molar-refractivity contribution in [3.05, 3.63) is 65.7 Å². The molecule has 0 aliphatic carbocycles. The minimum absolute atomic E-state index is 0.205. The van der Waals surface area contributed by atoms with Crippen LogP contribution in [0.3, 0.4) is 0 Å². The zero-order valence-electron chi connectivity index (χ0n) is 13.7. The van der Waals surface area contributed by atoms with Crippen molar-refractivity contribution in [2.45, 2.75) is 19.5 Å². The van der Waals surface area contributed by atoms with E-state index in [0.717, 1.165) is 16.8 Å². The summed E-state index contributed by atoms with van der Waals surface area (Å²) in [5.41, 5.74) is 3.25. The number of hydrogen-bond acceptors (Lipinski definition) is 3. The Hall–Kier alpha value is -2.95. The molecule has 0 aromatic heterocycles. The SMILES string of the molecule is CCC(=O)NC1N=C(c2ccccc2)c2ccccc2N(C)C1=O. The van der Waals surface area contributed by atoms with E-state index in [4.69, 9.17) is 0 Å². The second-order valence-corrected chi connectivity index (χ2v) is 5.58. The highest BCUT2D eigenvalue weighted by Gasteiger charge is 2.30. The van der Waals surface area contributed by atoms with Gasteiger partial charge in [0.05, 0.1) is 11.4 Å². The van der Waals surface area contributed by atoms with Gasteiger partial charge in [0.25, 0.3) is 5.91 Å². The molecule has 24 heavy (non-hydrogen) atoms. The molecule has 3 rings (SSSR count). The van der Waals surface area contributed by atoms with Gasteiger partial charge in [0.2, 0.25) is 12.1 Å². The van der Waals surface area contributed by atoms with E-state index >= 15 is 0 Å². The maximum atomic E-state index is 12.7. The first-order chi connectivity index (χ1) is 11.6. The van der Waals surface area contributed by atoms with Gasteiger partial charge in [-0.15, -0.1) is 0 Å². The van der Waals surface area contributed by atoms with Crippen LogP contribution in [0, 0.1) is 0 Å². The van der Waals surface area contributed by atoms with Gasteiger partial charge in [-0.3, -0.25) is 9.59 Å². The summed E-state index contributed by atoms with van der Waals surface area (Å²) < 4.78 is 0. The number of likely N-dealkylation sites (N-methyl/N-ethyl adjacent to an activating group) is 1. The van der Waals surface area contributed by atoms with Crippen molar-refractivity contribution >= 4 is 23.2 Å². The number of carbonyl (C=O) groups excluding carboxylic acids is 2. The minimum atomic E-state index is -0.926. The van der Waals surface area contributed by atoms with E-state index in [2.05, 4.69) is 10.3 Å². The van der Waals surface area contributed by atoms with Crippen LogP contribution in [0.4, 0.5) is 5.69 Å². The lowest BCUT2D eigenvalue weighted by molar-refractivity contribution is -0.127. The predicted octanol–water partition coefficient (Wildman–Crippen LogP) is 2.35. The first kappa shape index (κ1) is 15.9. The fraction of sp³-hybridized carbons (Fsp3) is 0.211. The van der Waals surface area contributed by atoms with E-state index in [9.17, 15) is 9.59 Å². The quantitative estimate of drug-likeness (QED) is 0.943. The van der Waals surface area contributed by atoms with Gasteiger partial charge < -0.3 is 10.2 Å². The topological polar surface area (TPSA) is 61.8 Å². The fourth-order valence-corrected chi connectivity index (χ4v) is 2.70. The monoisotopic (exact) mass is 321 g/mol. The molecule has 1 aliphatic rings. The van der Waals surface area contributed by atoms with E-state index in [0.29, 0.717) is 12.1 Å². The van der Waals surface area contributed by atoms with Crippen LogP contribution in [0.25, 0.3) is 0 Å². The highest BCUT2D eigenvalue weighted by molar-refractivity contribution is 6.20. The van der Waals surface area contributed by atoms with Crippen LogP contribution in [-0.4, -0.2) is 30.7 Å². The molecule has 1 aliphatic heterocycles. The lowest BCUT2D eigenvalue weighted by Crippen LogP contribution is -2.45. The van der Waals surface area contributed by atoms with E-state index in [1.165, 1.54) is 0 Å². The number of hydrogen-bond donors (Lipinski definition) is 1. The van der Waals surface area contributed by atoms with Crippen molar-refractivity contribution < 1.29 is 9.59 Å². The molecular formula is C19H19N3O2. The Kier molecular flexibility index (Phi) is 4.42. The Morgan fingerprint density at radius 2 is 1.79 bits per heavy atom. The predicted molar refractivity (Wildman–Crippen MR) is 94.2 cm³/mol. The zero-order valence-corrected chi connectivity index (χ0v) is 13.7. The van der Waals surface area contributed by atoms with E-state index in [-0.39, 0.29) is 11.8 Å². The maximum absolute atomic E-state index is 12.7. The third-order valence-corrected chi connectivity index (χ3v) is 4.01. The van der Waals surface area contributed by atoms with Gasteiger partial charge in [-0.1, -0.05) is 55.5 Å². The Labute approximate surface area is 141 Å². The van der Waals surface area contributed by atoms with Crippen molar-refractivity contribution in [1.82, 2.24) is 5.32 Å². The average Bonchev–Trinajstić information content (AvgIpc) is 2.73. The minimum Gasteiger partial charge on any atom is -0.327 e. The summed E-state index contributed by atoms with van der Waals surface area (Å²) in [6.45, 7) is 1.75. The van der Waals surface area contributed by atoms with Gasteiger partial charge in [-0.25, -0.2) is 4.99 Å². The molecule has 0 saturated carbocycles. The molecule has 0 radical (unpaired) electrons. The number of carbonyl (C=O) groups is 2. The molecule has 0 bridgehead atoms. The smallest absolute Gasteiger partial charge is 0.272 e. The first-order valence-corrected chi connectivity index (χ1v) is 7.91. The molecule has 122 valence electrons. The first-order valence-electron chi connectivity index (χ1n) is 7.91. The van der Waals surface area contributed by atoms with Gasteiger partial charge in [-0.2, -0.15) is 0 Å². The highest BCUT2D eigenvalue weighted by atomic mass is 16.2. The lowest BCUT2D eigenvalue weighted by atomic mass is 10.0. The van der Waals surface area contributed by atoms with Crippen molar-refractivity contribution in [3.8, 4) is 0 Å². The zero-order chi connectivity index (χ0) is 17.1. The lowest BCUT2D eigenvalue weighted by Gasteiger charge is -2.20. The third-order valence-electron chi connectivity index (χ3n) is 4.01. The molecule has 1 atom stereocenters. The molecule has 1 heterocycles. The highest BCUT2D eigenvalue weighted by Crippen LogP contribution is 2.27. The number of nitrogens with zero attached hydrogens (tertiary/aromatic N) is 2. The molecule has 5 heteroatoms. The van der Waals surface area contributed by atoms with Crippen molar-refractivity contribution in [3.63, 3.8) is 0 Å². The second-order valence-electron chi connectivity index (χ2n) is 5.58. The average molecular weight is 321 g/mol. The Morgan fingerprint density at radius 3 is 2.50 bits per heavy atom. The number of benzodiazepines with no additional fused rings is 1. The van der Waals surface area contributed by atoms with Gasteiger partial charge in [0, 0.05) is 24.6 Å². The second kappa shape index (κ2) is 6.66. The molecule has 2 aromatic rings. The van der Waals surface area contributed by atoms with Crippen LogP contribution in [0.15, 0.2) is 59.6 Å². The van der Waals surface area contributed by atoms with E-state index in [1.54, 1.807) is 18.9 Å². The Balaban J connectivity index is 2.16. The van der Waals surface area contributed by atoms with Crippen LogP contribution in [-0.2, 0) is 9.59 Å². The molecule has 0 saturated heterocycles. The van der Waals surface area contributed by atoms with Crippen LogP contribution in [0.2, 0.25) is 0 Å². The van der Waals surface area contributed by atoms with Crippen molar-refractivity contribution in [2.24, 2.45) is 4.99 Å². The van der Waals surface area contributed by atoms with Crippen LogP contribution < -0.4 is 10.2 Å². The summed E-state index contributed by atoms with van der Waals surface area (Å²) in [7, 11) is 1.70. The van der Waals surface area contributed by atoms with Gasteiger partial charge >= 0.3 is 0 Å². The van der Waals surface area contributed by atoms with E-state index in [1.807, 2.05) is 54.6 Å². The van der Waals surface area contributed by atoms with Gasteiger partial charge in [-0.05, 0) is 6.07 Å². The third kappa shape index (κ3) is 2.93. The summed E-state index contributed by atoms with van der Waals surface area (Å²) in [4.78, 5) is 30.7. The molecule has 0 spiro atoms. The summed E-state index contributed by atoms with van der Waals surface area (Å²) in [6, 6.07) is 17.3. The molecule has 2 aromatic carbocycles. The molecule has 0 fully saturated rings. The summed E-state index contributed by atoms with van der Waals surface area (Å²) >= 11 is 0. The molecule has 2 amide bonds. The van der Waals surface area contributed by atoms with Crippen molar-refractivity contribution in [1.29, 1.82) is 0 Å². The molecular weight excluding hydrogens is 302 g/mol. The molecule has 1 unspecified atom stereocenters. The molecule has 5 nitrogen and oxygen atoms in total. The number of benzene rings is 2. The maximum Gasteiger partial charge on any atom is 0.272 e.